The van der Waals surface area contributed by atoms with Gasteiger partial charge in [-0.3, -0.25) is 14.4 Å². The maximum atomic E-state index is 12.3. The third-order valence-electron chi connectivity index (χ3n) is 7.53. The SMILES string of the molecule is CC.CC(C)(C)c1ccc(C(=O)NCc2ncc(C3CN(C=O)C3)[nH]2)cc1.CCN(CC)CCCCC(NC)C(C)=O. The first kappa shape index (κ1) is 37.0. The van der Waals surface area contributed by atoms with Crippen molar-refractivity contribution in [3.63, 3.8) is 0 Å². The van der Waals surface area contributed by atoms with Crippen molar-refractivity contribution >= 4 is 18.1 Å². The third kappa shape index (κ3) is 12.4. The number of carbonyl (C=O) groups is 3. The van der Waals surface area contributed by atoms with E-state index in [1.165, 1.54) is 12.0 Å². The average Bonchev–Trinajstić information content (AvgIpc) is 3.42. The molecule has 1 aromatic carbocycles. The number of rotatable bonds is 14. The molecule has 0 spiro atoms. The van der Waals surface area contributed by atoms with Gasteiger partial charge in [0.15, 0.2) is 0 Å². The number of likely N-dealkylation sites (N-methyl/N-ethyl adjacent to an activating group) is 1. The molecule has 1 fully saturated rings. The standard InChI is InChI=1S/C19H24N4O2.C12H26N2O.C2H6/c1-19(2,3)15-6-4-13(5-7-15)18(25)21-9-17-20-8-16(22-17)14-10-23(11-14)12-24;1-5-14(6-2)10-8-7-9-12(13-4)11(3)15;1-2/h4-8,12,14H,9-11H2,1-3H3,(H,20,22)(H,21,25);12-13H,5-10H2,1-4H3;1-2H3. The predicted octanol–water partition coefficient (Wildman–Crippen LogP) is 4.89. The van der Waals surface area contributed by atoms with Crippen molar-refractivity contribution in [3.8, 4) is 0 Å². The lowest BCUT2D eigenvalue weighted by Crippen LogP contribution is -2.43. The number of nitrogens with one attached hydrogen (secondary N) is 3. The van der Waals surface area contributed by atoms with E-state index in [0.717, 1.165) is 63.5 Å². The number of benzene rings is 1. The number of carbonyl (C=O) groups excluding carboxylic acids is 3. The molecule has 236 valence electrons. The summed E-state index contributed by atoms with van der Waals surface area (Å²) < 4.78 is 0. The number of likely N-dealkylation sites (tertiary alicyclic amines) is 1. The van der Waals surface area contributed by atoms with Gasteiger partial charge in [-0.25, -0.2) is 4.98 Å². The number of aromatic amines is 1. The van der Waals surface area contributed by atoms with Gasteiger partial charge in [0.05, 0.1) is 12.6 Å². The van der Waals surface area contributed by atoms with Crippen LogP contribution in [0, 0.1) is 0 Å². The highest BCUT2D eigenvalue weighted by atomic mass is 16.2. The Balaban J connectivity index is 0.000000448. The molecule has 0 aliphatic carbocycles. The minimum atomic E-state index is -0.116. The van der Waals surface area contributed by atoms with E-state index in [2.05, 4.69) is 60.1 Å². The maximum Gasteiger partial charge on any atom is 0.251 e. The van der Waals surface area contributed by atoms with Gasteiger partial charge in [0, 0.05) is 36.5 Å². The molecule has 2 heterocycles. The fourth-order valence-corrected chi connectivity index (χ4v) is 4.63. The van der Waals surface area contributed by atoms with E-state index >= 15 is 0 Å². The van der Waals surface area contributed by atoms with E-state index in [0.29, 0.717) is 18.0 Å². The summed E-state index contributed by atoms with van der Waals surface area (Å²) in [7, 11) is 1.86. The fourth-order valence-electron chi connectivity index (χ4n) is 4.63. The van der Waals surface area contributed by atoms with Crippen LogP contribution in [0.2, 0.25) is 0 Å². The van der Waals surface area contributed by atoms with E-state index in [-0.39, 0.29) is 23.1 Å². The first-order valence-electron chi connectivity index (χ1n) is 15.5. The van der Waals surface area contributed by atoms with Crippen molar-refractivity contribution in [3.05, 3.63) is 53.1 Å². The second-order valence-corrected chi connectivity index (χ2v) is 11.5. The van der Waals surface area contributed by atoms with Crippen molar-refractivity contribution in [1.82, 2.24) is 30.4 Å². The van der Waals surface area contributed by atoms with Gasteiger partial charge >= 0.3 is 0 Å². The van der Waals surface area contributed by atoms with Crippen LogP contribution in [0.3, 0.4) is 0 Å². The molecule has 1 aromatic heterocycles. The van der Waals surface area contributed by atoms with Gasteiger partial charge in [0.25, 0.3) is 5.91 Å². The van der Waals surface area contributed by atoms with Crippen LogP contribution in [-0.4, -0.2) is 83.7 Å². The summed E-state index contributed by atoms with van der Waals surface area (Å²) >= 11 is 0. The molecule has 3 N–H and O–H groups in total. The quantitative estimate of drug-likeness (QED) is 0.215. The van der Waals surface area contributed by atoms with Crippen LogP contribution in [0.4, 0.5) is 0 Å². The van der Waals surface area contributed by atoms with Crippen molar-refractivity contribution in [2.75, 3.05) is 39.8 Å². The minimum Gasteiger partial charge on any atom is -0.345 e. The number of amides is 2. The number of imidazole rings is 1. The summed E-state index contributed by atoms with van der Waals surface area (Å²) in [6.45, 7) is 21.7. The molecular weight excluding hydrogens is 528 g/mol. The van der Waals surface area contributed by atoms with Crippen LogP contribution in [-0.2, 0) is 21.5 Å². The molecule has 1 aliphatic heterocycles. The van der Waals surface area contributed by atoms with Crippen molar-refractivity contribution in [1.29, 1.82) is 0 Å². The Kier molecular flexibility index (Phi) is 16.9. The molecule has 9 heteroatoms. The lowest BCUT2D eigenvalue weighted by molar-refractivity contribution is -0.122. The summed E-state index contributed by atoms with van der Waals surface area (Å²) in [5.74, 6) is 1.17. The zero-order chi connectivity index (χ0) is 31.7. The molecule has 0 saturated carbocycles. The van der Waals surface area contributed by atoms with E-state index in [1.807, 2.05) is 45.2 Å². The summed E-state index contributed by atoms with van der Waals surface area (Å²) in [4.78, 5) is 45.7. The lowest BCUT2D eigenvalue weighted by atomic mass is 9.87. The third-order valence-corrected chi connectivity index (χ3v) is 7.53. The van der Waals surface area contributed by atoms with Gasteiger partial charge < -0.3 is 25.4 Å². The lowest BCUT2D eigenvalue weighted by Gasteiger charge is -2.35. The topological polar surface area (TPSA) is 110 Å². The number of Topliss-reactive ketones (excluding diaryl/α,β-unsaturated/α-hetero) is 1. The number of aromatic nitrogens is 2. The Labute approximate surface area is 254 Å². The maximum absolute atomic E-state index is 12.3. The molecule has 1 atom stereocenters. The summed E-state index contributed by atoms with van der Waals surface area (Å²) in [5.41, 5.74) is 2.92. The first-order chi connectivity index (χ1) is 20.0. The van der Waals surface area contributed by atoms with Crippen LogP contribution in [0.5, 0.6) is 0 Å². The zero-order valence-corrected chi connectivity index (χ0v) is 27.5. The second-order valence-electron chi connectivity index (χ2n) is 11.5. The largest absolute Gasteiger partial charge is 0.345 e. The van der Waals surface area contributed by atoms with Gasteiger partial charge in [-0.05, 0) is 69.6 Å². The average molecular weight is 585 g/mol. The number of H-pyrrole nitrogens is 1. The Morgan fingerprint density at radius 2 is 1.74 bits per heavy atom. The zero-order valence-electron chi connectivity index (χ0n) is 27.5. The van der Waals surface area contributed by atoms with Gasteiger partial charge in [-0.2, -0.15) is 0 Å². The number of hydrogen-bond acceptors (Lipinski definition) is 6. The molecule has 2 aromatic rings. The van der Waals surface area contributed by atoms with Crippen LogP contribution in [0.1, 0.15) is 108 Å². The highest BCUT2D eigenvalue weighted by molar-refractivity contribution is 5.94. The van der Waals surface area contributed by atoms with Crippen molar-refractivity contribution in [2.24, 2.45) is 0 Å². The monoisotopic (exact) mass is 584 g/mol. The molecule has 0 bridgehead atoms. The Morgan fingerprint density at radius 1 is 1.12 bits per heavy atom. The molecule has 9 nitrogen and oxygen atoms in total. The molecule has 42 heavy (non-hydrogen) atoms. The van der Waals surface area contributed by atoms with Gasteiger partial charge in [0.2, 0.25) is 6.41 Å². The number of hydrogen-bond donors (Lipinski definition) is 3. The van der Waals surface area contributed by atoms with Crippen LogP contribution >= 0.6 is 0 Å². The first-order valence-corrected chi connectivity index (χ1v) is 15.5. The second kappa shape index (κ2) is 19.2. The highest BCUT2D eigenvalue weighted by Crippen LogP contribution is 2.24. The van der Waals surface area contributed by atoms with E-state index in [4.69, 9.17) is 0 Å². The Morgan fingerprint density at radius 3 is 2.24 bits per heavy atom. The number of ketones is 1. The normalized spacial score (nSPS) is 13.7. The molecular formula is C33H56N6O3. The highest BCUT2D eigenvalue weighted by Gasteiger charge is 2.28. The Bertz CT molecular complexity index is 1050. The van der Waals surface area contributed by atoms with Crippen LogP contribution < -0.4 is 10.6 Å². The molecule has 2 amide bonds. The minimum absolute atomic E-state index is 0.0571. The van der Waals surface area contributed by atoms with Crippen molar-refractivity contribution < 1.29 is 14.4 Å². The summed E-state index contributed by atoms with van der Waals surface area (Å²) in [6, 6.07) is 7.75. The molecule has 1 saturated heterocycles. The fraction of sp³-hybridized carbons (Fsp3) is 0.636. The van der Waals surface area contributed by atoms with E-state index in [9.17, 15) is 14.4 Å². The molecule has 3 rings (SSSR count). The number of unbranched alkanes of at least 4 members (excludes halogenated alkanes) is 1. The van der Waals surface area contributed by atoms with Gasteiger partial charge in [0.1, 0.15) is 11.6 Å². The summed E-state index contributed by atoms with van der Waals surface area (Å²) in [5, 5.41) is 5.94. The van der Waals surface area contributed by atoms with Gasteiger partial charge in [-0.15, -0.1) is 0 Å². The molecule has 0 radical (unpaired) electrons. The molecule has 1 aliphatic rings. The smallest absolute Gasteiger partial charge is 0.251 e. The van der Waals surface area contributed by atoms with Crippen LogP contribution in [0.15, 0.2) is 30.5 Å². The van der Waals surface area contributed by atoms with E-state index < -0.39 is 0 Å². The Hall–Kier alpha value is -3.04. The van der Waals surface area contributed by atoms with Crippen molar-refractivity contribution in [2.45, 2.75) is 98.6 Å². The summed E-state index contributed by atoms with van der Waals surface area (Å²) in [6.07, 6.45) is 5.92. The molecule has 1 unspecified atom stereocenters. The predicted molar refractivity (Wildman–Crippen MR) is 172 cm³/mol. The van der Waals surface area contributed by atoms with E-state index in [1.54, 1.807) is 18.0 Å². The van der Waals surface area contributed by atoms with Crippen LogP contribution in [0.25, 0.3) is 0 Å². The van der Waals surface area contributed by atoms with Gasteiger partial charge in [-0.1, -0.05) is 67.0 Å². The number of nitrogens with zero attached hydrogens (tertiary/aromatic N) is 3.